The second-order valence-electron chi connectivity index (χ2n) is 6.33. The summed E-state index contributed by atoms with van der Waals surface area (Å²) in [7, 11) is 1.58. The highest BCUT2D eigenvalue weighted by molar-refractivity contribution is 6.30. The molecule has 0 atom stereocenters. The van der Waals surface area contributed by atoms with Crippen molar-refractivity contribution in [1.29, 1.82) is 0 Å². The first kappa shape index (κ1) is 21.3. The van der Waals surface area contributed by atoms with Crippen molar-refractivity contribution in [2.24, 2.45) is 0 Å². The van der Waals surface area contributed by atoms with Crippen molar-refractivity contribution < 1.29 is 14.3 Å². The standard InChI is InChI=1S/C23H21ClN2O4/c1-3-30-23(28)20-15-21(17-8-12-19(29-2)13-9-17)25-26(22(20)27)14-4-5-16-6-10-18(24)11-7-16/h4-13,15H,3,14H2,1-2H3/b5-4+. The maximum absolute atomic E-state index is 12.8. The summed E-state index contributed by atoms with van der Waals surface area (Å²) in [5, 5.41) is 5.08. The lowest BCUT2D eigenvalue weighted by atomic mass is 10.1. The van der Waals surface area contributed by atoms with Gasteiger partial charge in [0.05, 0.1) is 26.0 Å². The average molecular weight is 425 g/mol. The average Bonchev–Trinajstić information content (AvgIpc) is 2.76. The molecule has 0 radical (unpaired) electrons. The lowest BCUT2D eigenvalue weighted by Crippen LogP contribution is -2.29. The molecule has 0 aliphatic heterocycles. The second-order valence-corrected chi connectivity index (χ2v) is 6.77. The highest BCUT2D eigenvalue weighted by atomic mass is 35.5. The van der Waals surface area contributed by atoms with Gasteiger partial charge < -0.3 is 9.47 Å². The number of carbonyl (C=O) groups excluding carboxylic acids is 1. The maximum atomic E-state index is 12.8. The second kappa shape index (κ2) is 9.89. The number of aromatic nitrogens is 2. The molecule has 7 heteroatoms. The van der Waals surface area contributed by atoms with Crippen LogP contribution in [0.4, 0.5) is 0 Å². The van der Waals surface area contributed by atoms with Crippen molar-refractivity contribution in [3.63, 3.8) is 0 Å². The van der Waals surface area contributed by atoms with Crippen LogP contribution < -0.4 is 10.3 Å². The SMILES string of the molecule is CCOC(=O)c1cc(-c2ccc(OC)cc2)nn(C/C=C/c2ccc(Cl)cc2)c1=O. The van der Waals surface area contributed by atoms with Crippen molar-refractivity contribution in [2.75, 3.05) is 13.7 Å². The minimum absolute atomic E-state index is 0.0578. The summed E-state index contributed by atoms with van der Waals surface area (Å²) < 4.78 is 11.5. The first-order chi connectivity index (χ1) is 14.5. The molecule has 0 N–H and O–H groups in total. The topological polar surface area (TPSA) is 70.4 Å². The number of esters is 1. The summed E-state index contributed by atoms with van der Waals surface area (Å²) >= 11 is 5.90. The molecular formula is C23H21ClN2O4. The van der Waals surface area contributed by atoms with Gasteiger partial charge in [0.25, 0.3) is 5.56 Å². The Kier molecular flexibility index (Phi) is 7.03. The lowest BCUT2D eigenvalue weighted by molar-refractivity contribution is 0.0523. The van der Waals surface area contributed by atoms with Crippen molar-refractivity contribution in [3.05, 3.63) is 87.2 Å². The quantitative estimate of drug-likeness (QED) is 0.523. The molecule has 154 valence electrons. The van der Waals surface area contributed by atoms with E-state index in [9.17, 15) is 9.59 Å². The van der Waals surface area contributed by atoms with E-state index in [4.69, 9.17) is 21.1 Å². The molecule has 3 rings (SSSR count). The van der Waals surface area contributed by atoms with E-state index < -0.39 is 11.5 Å². The number of rotatable bonds is 7. The van der Waals surface area contributed by atoms with Gasteiger partial charge in [-0.15, -0.1) is 0 Å². The van der Waals surface area contributed by atoms with Gasteiger partial charge >= 0.3 is 5.97 Å². The van der Waals surface area contributed by atoms with Crippen LogP contribution in [-0.4, -0.2) is 29.5 Å². The van der Waals surface area contributed by atoms with Crippen LogP contribution in [-0.2, 0) is 11.3 Å². The Morgan fingerprint density at radius 1 is 1.13 bits per heavy atom. The Balaban J connectivity index is 1.97. The van der Waals surface area contributed by atoms with Gasteiger partial charge in [-0.1, -0.05) is 35.9 Å². The van der Waals surface area contributed by atoms with Crippen LogP contribution >= 0.6 is 11.6 Å². The van der Waals surface area contributed by atoms with Gasteiger partial charge in [0.1, 0.15) is 11.3 Å². The smallest absolute Gasteiger partial charge is 0.343 e. The molecule has 0 unspecified atom stereocenters. The number of hydrogen-bond donors (Lipinski definition) is 0. The first-order valence-electron chi connectivity index (χ1n) is 9.37. The molecule has 0 saturated heterocycles. The molecule has 2 aromatic carbocycles. The van der Waals surface area contributed by atoms with E-state index in [1.807, 2.05) is 30.3 Å². The van der Waals surface area contributed by atoms with Crippen molar-refractivity contribution in [1.82, 2.24) is 9.78 Å². The number of hydrogen-bond acceptors (Lipinski definition) is 5. The molecule has 0 fully saturated rings. The maximum Gasteiger partial charge on any atom is 0.343 e. The summed E-state index contributed by atoms with van der Waals surface area (Å²) in [4.78, 5) is 25.1. The highest BCUT2D eigenvalue weighted by Crippen LogP contribution is 2.21. The highest BCUT2D eigenvalue weighted by Gasteiger charge is 2.17. The first-order valence-corrected chi connectivity index (χ1v) is 9.75. The van der Waals surface area contributed by atoms with Gasteiger partial charge in [-0.05, 0) is 55.0 Å². The monoisotopic (exact) mass is 424 g/mol. The fourth-order valence-electron chi connectivity index (χ4n) is 2.79. The van der Waals surface area contributed by atoms with Crippen LogP contribution in [0.3, 0.4) is 0 Å². The van der Waals surface area contributed by atoms with E-state index in [0.717, 1.165) is 11.1 Å². The van der Waals surface area contributed by atoms with E-state index in [1.54, 1.807) is 44.4 Å². The van der Waals surface area contributed by atoms with Gasteiger partial charge in [-0.3, -0.25) is 4.79 Å². The third-order valence-electron chi connectivity index (χ3n) is 4.31. The zero-order chi connectivity index (χ0) is 21.5. The third-order valence-corrected chi connectivity index (χ3v) is 4.57. The van der Waals surface area contributed by atoms with Gasteiger partial charge in [0.15, 0.2) is 0 Å². The molecule has 0 saturated carbocycles. The Morgan fingerprint density at radius 3 is 2.47 bits per heavy atom. The Labute approximate surface area is 179 Å². The van der Waals surface area contributed by atoms with Gasteiger partial charge in [-0.2, -0.15) is 5.10 Å². The minimum Gasteiger partial charge on any atom is -0.497 e. The van der Waals surface area contributed by atoms with E-state index in [-0.39, 0.29) is 18.7 Å². The van der Waals surface area contributed by atoms with Crippen LogP contribution in [0.25, 0.3) is 17.3 Å². The number of carbonyl (C=O) groups is 1. The van der Waals surface area contributed by atoms with Crippen molar-refractivity contribution >= 4 is 23.6 Å². The fourth-order valence-corrected chi connectivity index (χ4v) is 2.91. The molecular weight excluding hydrogens is 404 g/mol. The summed E-state index contributed by atoms with van der Waals surface area (Å²) in [6, 6.07) is 16.0. The van der Waals surface area contributed by atoms with Crippen molar-refractivity contribution in [3.8, 4) is 17.0 Å². The van der Waals surface area contributed by atoms with E-state index >= 15 is 0 Å². The van der Waals surface area contributed by atoms with E-state index in [0.29, 0.717) is 16.5 Å². The number of methoxy groups -OCH3 is 1. The molecule has 30 heavy (non-hydrogen) atoms. The normalized spacial score (nSPS) is 10.9. The minimum atomic E-state index is -0.671. The van der Waals surface area contributed by atoms with Gasteiger partial charge in [-0.25, -0.2) is 9.48 Å². The summed E-state index contributed by atoms with van der Waals surface area (Å²) in [6.07, 6.45) is 3.65. The van der Waals surface area contributed by atoms with Crippen LogP contribution in [0.5, 0.6) is 5.75 Å². The summed E-state index contributed by atoms with van der Waals surface area (Å²) in [5.74, 6) is 0.0266. The summed E-state index contributed by atoms with van der Waals surface area (Å²) in [6.45, 7) is 2.06. The third kappa shape index (κ3) is 5.15. The van der Waals surface area contributed by atoms with Crippen molar-refractivity contribution in [2.45, 2.75) is 13.5 Å². The molecule has 0 aliphatic rings. The zero-order valence-electron chi connectivity index (χ0n) is 16.7. The largest absolute Gasteiger partial charge is 0.497 e. The van der Waals surface area contributed by atoms with Crippen LogP contribution in [0.1, 0.15) is 22.8 Å². The van der Waals surface area contributed by atoms with Crippen LogP contribution in [0.2, 0.25) is 5.02 Å². The zero-order valence-corrected chi connectivity index (χ0v) is 17.4. The molecule has 1 aromatic heterocycles. The number of halogens is 1. The molecule has 0 bridgehead atoms. The fraction of sp³-hybridized carbons (Fsp3) is 0.174. The van der Waals surface area contributed by atoms with Gasteiger partial charge in [0.2, 0.25) is 0 Å². The molecule has 0 aliphatic carbocycles. The lowest BCUT2D eigenvalue weighted by Gasteiger charge is -2.10. The number of allylic oxidation sites excluding steroid dienone is 1. The van der Waals surface area contributed by atoms with Crippen LogP contribution in [0, 0.1) is 0 Å². The molecule has 3 aromatic rings. The van der Waals surface area contributed by atoms with E-state index in [1.165, 1.54) is 10.7 Å². The number of ether oxygens (including phenoxy) is 2. The summed E-state index contributed by atoms with van der Waals surface area (Å²) in [5.41, 5.74) is 1.60. The molecule has 1 heterocycles. The van der Waals surface area contributed by atoms with Crippen LogP contribution in [0.15, 0.2) is 65.5 Å². The Bertz CT molecular complexity index is 1100. The predicted octanol–water partition coefficient (Wildman–Crippen LogP) is 4.46. The Morgan fingerprint density at radius 2 is 1.83 bits per heavy atom. The number of benzene rings is 2. The number of nitrogens with zero attached hydrogens (tertiary/aromatic N) is 2. The van der Waals surface area contributed by atoms with E-state index in [2.05, 4.69) is 5.10 Å². The molecule has 6 nitrogen and oxygen atoms in total. The molecule has 0 spiro atoms. The van der Waals surface area contributed by atoms with Gasteiger partial charge in [0, 0.05) is 10.6 Å². The molecule has 0 amide bonds. The Hall–Kier alpha value is -3.38. The predicted molar refractivity (Wildman–Crippen MR) is 117 cm³/mol.